The number of benzene rings is 2. The summed E-state index contributed by atoms with van der Waals surface area (Å²) in [4.78, 5) is 47.6. The number of anilines is 2. The van der Waals surface area contributed by atoms with E-state index in [0.717, 1.165) is 12.1 Å². The molecule has 3 aromatic rings. The monoisotopic (exact) mass is 601 g/mol. The number of H-pyrrole nitrogens is 1. The molecule has 3 unspecified atom stereocenters. The number of imidazole rings is 1. The number of aromatic nitrogens is 2. The third kappa shape index (κ3) is 5.89. The van der Waals surface area contributed by atoms with Crippen LogP contribution in [0, 0.1) is 17.6 Å². The quantitative estimate of drug-likeness (QED) is 0.278. The Morgan fingerprint density at radius 1 is 1.21 bits per heavy atom. The number of fused-ring (bicyclic) bond motifs is 4. The maximum atomic E-state index is 14.7. The molecule has 3 N–H and O–H groups in total. The van der Waals surface area contributed by atoms with Crippen LogP contribution in [-0.4, -0.2) is 46.6 Å². The van der Waals surface area contributed by atoms with Gasteiger partial charge in [0, 0.05) is 30.1 Å². The number of carbonyl (C=O) groups is 3. The summed E-state index contributed by atoms with van der Waals surface area (Å²) in [6.45, 7) is 2.09. The summed E-state index contributed by atoms with van der Waals surface area (Å²) in [6, 6.07) is 6.66. The van der Waals surface area contributed by atoms with Gasteiger partial charge >= 0.3 is 12.2 Å². The van der Waals surface area contributed by atoms with Gasteiger partial charge in [0.25, 0.3) is 0 Å². The van der Waals surface area contributed by atoms with Crippen LogP contribution >= 0.6 is 11.6 Å². The van der Waals surface area contributed by atoms with Gasteiger partial charge in [-0.3, -0.25) is 15.0 Å². The predicted molar refractivity (Wildman–Crippen MR) is 151 cm³/mol. The molecule has 2 aliphatic rings. The molecule has 0 radical (unpaired) electrons. The summed E-state index contributed by atoms with van der Waals surface area (Å²) >= 11 is 5.85. The third-order valence-corrected chi connectivity index (χ3v) is 7.98. The predicted octanol–water partition coefficient (Wildman–Crippen LogP) is 6.96. The highest BCUT2D eigenvalue weighted by Gasteiger charge is 2.37. The minimum Gasteiger partial charge on any atom is -0.453 e. The number of cyclic esters (lactones) is 1. The molecular weight excluding hydrogens is 572 g/mol. The van der Waals surface area contributed by atoms with Crippen molar-refractivity contribution < 1.29 is 32.6 Å². The lowest BCUT2D eigenvalue weighted by Gasteiger charge is -2.36. The topological polar surface area (TPSA) is 126 Å². The van der Waals surface area contributed by atoms with Crippen molar-refractivity contribution >= 4 is 41.1 Å². The zero-order valence-electron chi connectivity index (χ0n) is 23.0. The number of halogens is 3. The molecule has 0 aliphatic carbocycles. The Hall–Kier alpha value is -4.19. The first-order valence-electron chi connectivity index (χ1n) is 13.7. The number of ether oxygens (including phenoxy) is 2. The van der Waals surface area contributed by atoms with Gasteiger partial charge < -0.3 is 19.8 Å². The molecule has 5 rings (SSSR count). The van der Waals surface area contributed by atoms with E-state index in [-0.39, 0.29) is 35.4 Å². The first kappa shape index (κ1) is 29.3. The van der Waals surface area contributed by atoms with E-state index in [1.54, 1.807) is 24.4 Å². The summed E-state index contributed by atoms with van der Waals surface area (Å²) in [5.41, 5.74) is 1.72. The zero-order chi connectivity index (χ0) is 30.0. The highest BCUT2D eigenvalue weighted by molar-refractivity contribution is 6.30. The number of nitrogens with zero attached hydrogens (tertiary/aromatic N) is 2. The highest BCUT2D eigenvalue weighted by atomic mass is 35.5. The van der Waals surface area contributed by atoms with Crippen LogP contribution in [0.15, 0.2) is 36.5 Å². The number of aromatic amines is 1. The Balaban J connectivity index is 1.46. The van der Waals surface area contributed by atoms with E-state index in [9.17, 15) is 23.2 Å². The fraction of sp³-hybridized carbons (Fsp3) is 0.379. The minimum atomic E-state index is -1.13. The number of rotatable bonds is 4. The Bertz CT molecular complexity index is 1520. The van der Waals surface area contributed by atoms with Crippen LogP contribution in [-0.2, 0) is 14.3 Å². The number of hydrogen-bond acceptors (Lipinski definition) is 6. The minimum absolute atomic E-state index is 0.142. The van der Waals surface area contributed by atoms with Gasteiger partial charge in [-0.25, -0.2) is 23.4 Å². The van der Waals surface area contributed by atoms with Crippen LogP contribution in [0.5, 0.6) is 0 Å². The van der Waals surface area contributed by atoms with Crippen molar-refractivity contribution in [1.82, 2.24) is 14.9 Å². The molecule has 1 fully saturated rings. The van der Waals surface area contributed by atoms with E-state index in [0.29, 0.717) is 54.1 Å². The highest BCUT2D eigenvalue weighted by Crippen LogP contribution is 2.39. The van der Waals surface area contributed by atoms with E-state index in [4.69, 9.17) is 16.3 Å². The van der Waals surface area contributed by atoms with Crippen LogP contribution in [0.1, 0.15) is 62.6 Å². The Labute approximate surface area is 245 Å². The van der Waals surface area contributed by atoms with Crippen molar-refractivity contribution in [3.63, 3.8) is 0 Å². The average molecular weight is 602 g/mol. The fourth-order valence-corrected chi connectivity index (χ4v) is 5.61. The normalized spacial score (nSPS) is 20.9. The second-order valence-corrected chi connectivity index (χ2v) is 10.6. The van der Waals surface area contributed by atoms with Gasteiger partial charge in [0.2, 0.25) is 5.91 Å². The van der Waals surface area contributed by atoms with Gasteiger partial charge in [0.1, 0.15) is 17.7 Å². The molecule has 2 aromatic carbocycles. The molecule has 2 bridgehead atoms. The molecule has 10 nitrogen and oxygen atoms in total. The van der Waals surface area contributed by atoms with Crippen LogP contribution in [0.2, 0.25) is 5.02 Å². The van der Waals surface area contributed by atoms with Crippen molar-refractivity contribution in [2.24, 2.45) is 5.92 Å². The first-order chi connectivity index (χ1) is 20.2. The number of amides is 3. The summed E-state index contributed by atoms with van der Waals surface area (Å²) in [7, 11) is 1.26. The van der Waals surface area contributed by atoms with Gasteiger partial charge in [-0.05, 0) is 49.6 Å². The number of hydrogen-bond donors (Lipinski definition) is 3. The molecule has 1 saturated heterocycles. The number of carbonyl (C=O) groups excluding carboxylic acids is 3. The van der Waals surface area contributed by atoms with E-state index in [1.807, 2.05) is 6.92 Å². The van der Waals surface area contributed by atoms with E-state index >= 15 is 0 Å². The molecule has 0 spiro atoms. The van der Waals surface area contributed by atoms with Crippen molar-refractivity contribution in [3.05, 3.63) is 64.6 Å². The maximum absolute atomic E-state index is 14.7. The zero-order valence-corrected chi connectivity index (χ0v) is 23.8. The molecule has 13 heteroatoms. The van der Waals surface area contributed by atoms with Gasteiger partial charge in [-0.15, -0.1) is 0 Å². The summed E-state index contributed by atoms with van der Waals surface area (Å²) in [5.74, 6) is -1.75. The molecule has 3 heterocycles. The number of nitrogens with one attached hydrogen (secondary N) is 3. The summed E-state index contributed by atoms with van der Waals surface area (Å²) < 4.78 is 39.4. The van der Waals surface area contributed by atoms with Crippen LogP contribution in [0.4, 0.5) is 29.7 Å². The molecule has 3 atom stereocenters. The fourth-order valence-electron chi connectivity index (χ4n) is 5.45. The number of methoxy groups -OCH3 is 1. The Morgan fingerprint density at radius 2 is 2.02 bits per heavy atom. The smallest absolute Gasteiger partial charge is 0.411 e. The Kier molecular flexibility index (Phi) is 8.62. The average Bonchev–Trinajstić information content (AvgIpc) is 3.45. The Morgan fingerprint density at radius 3 is 2.76 bits per heavy atom. The largest absolute Gasteiger partial charge is 0.453 e. The molecule has 2 aliphatic heterocycles. The molecule has 3 amide bonds. The third-order valence-electron chi connectivity index (χ3n) is 7.69. The van der Waals surface area contributed by atoms with E-state index < -0.39 is 36.0 Å². The molecule has 42 heavy (non-hydrogen) atoms. The van der Waals surface area contributed by atoms with Gasteiger partial charge in [0.15, 0.2) is 5.82 Å². The van der Waals surface area contributed by atoms with Crippen molar-refractivity contribution in [2.75, 3.05) is 24.3 Å². The van der Waals surface area contributed by atoms with Crippen molar-refractivity contribution in [3.8, 4) is 11.3 Å². The summed E-state index contributed by atoms with van der Waals surface area (Å²) in [6.07, 6.45) is 1.45. The second kappa shape index (κ2) is 12.4. The van der Waals surface area contributed by atoms with E-state index in [1.165, 1.54) is 12.0 Å². The standard InChI is InChI=1S/C29H30ClF2N5O5/c1-3-15-5-4-6-22(37-12-11-23(42-29(37)40)24-19(31)10-9-18(30)25(24)32)26-33-14-21(35-26)17-8-7-16(34-28(39)41-2)13-20(17)36-27(15)38/h7-10,13-15,22-23H,3-6,11-12H2,1-2H3,(H,33,35)(H,34,39)(H,36,38). The summed E-state index contributed by atoms with van der Waals surface area (Å²) in [5, 5.41) is 5.33. The lowest BCUT2D eigenvalue weighted by Crippen LogP contribution is -2.42. The van der Waals surface area contributed by atoms with Crippen LogP contribution < -0.4 is 10.6 Å². The van der Waals surface area contributed by atoms with Gasteiger partial charge in [0.05, 0.1) is 41.3 Å². The van der Waals surface area contributed by atoms with Crippen LogP contribution in [0.25, 0.3) is 11.3 Å². The van der Waals surface area contributed by atoms with Crippen molar-refractivity contribution in [2.45, 2.75) is 51.2 Å². The van der Waals surface area contributed by atoms with Crippen LogP contribution in [0.3, 0.4) is 0 Å². The van der Waals surface area contributed by atoms with Gasteiger partial charge in [-0.2, -0.15) is 0 Å². The first-order valence-corrected chi connectivity index (χ1v) is 14.0. The molecular formula is C29H30ClF2N5O5. The molecule has 1 aromatic heterocycles. The second-order valence-electron chi connectivity index (χ2n) is 10.2. The lowest BCUT2D eigenvalue weighted by molar-refractivity contribution is -0.120. The SMILES string of the molecule is CCC1CCCC(N2CCC(c3c(F)ccc(Cl)c3F)OC2=O)c2ncc([nH]2)-c2ccc(NC(=O)OC)cc2NC1=O. The maximum Gasteiger partial charge on any atom is 0.411 e. The molecule has 222 valence electrons. The lowest BCUT2D eigenvalue weighted by atomic mass is 9.95. The van der Waals surface area contributed by atoms with E-state index in [2.05, 4.69) is 25.3 Å². The molecule has 0 saturated carbocycles. The van der Waals surface area contributed by atoms with Crippen molar-refractivity contribution in [1.29, 1.82) is 0 Å². The van der Waals surface area contributed by atoms with Gasteiger partial charge in [-0.1, -0.05) is 24.9 Å².